The molecule has 0 bridgehead atoms. The van der Waals surface area contributed by atoms with Gasteiger partial charge in [-0.15, -0.1) is 0 Å². The van der Waals surface area contributed by atoms with E-state index in [0.29, 0.717) is 30.8 Å². The maximum atomic E-state index is 12.0. The van der Waals surface area contributed by atoms with Crippen LogP contribution in [0.25, 0.3) is 0 Å². The summed E-state index contributed by atoms with van der Waals surface area (Å²) in [5.41, 5.74) is 1.19. The molecule has 0 aliphatic rings. The maximum Gasteiger partial charge on any atom is 0.252 e. The molecular formula is C18H19IN2O3. The van der Waals surface area contributed by atoms with Crippen molar-refractivity contribution in [2.24, 2.45) is 0 Å². The Kier molecular flexibility index (Phi) is 7.05. The Morgan fingerprint density at radius 2 is 1.58 bits per heavy atom. The summed E-state index contributed by atoms with van der Waals surface area (Å²) in [5.74, 6) is 0.413. The lowest BCUT2D eigenvalue weighted by molar-refractivity contribution is 0.0927. The van der Waals surface area contributed by atoms with Crippen molar-refractivity contribution in [2.75, 3.05) is 19.7 Å². The van der Waals surface area contributed by atoms with Crippen LogP contribution in [-0.2, 0) is 0 Å². The molecule has 24 heavy (non-hydrogen) atoms. The first kappa shape index (κ1) is 18.3. The molecule has 2 aromatic carbocycles. The van der Waals surface area contributed by atoms with E-state index >= 15 is 0 Å². The zero-order chi connectivity index (χ0) is 17.4. The molecule has 0 fully saturated rings. The topological polar surface area (TPSA) is 67.4 Å². The lowest BCUT2D eigenvalue weighted by Crippen LogP contribution is -2.34. The Hall–Kier alpha value is -2.09. The second-order valence-electron chi connectivity index (χ2n) is 4.95. The number of carbonyl (C=O) groups is 2. The van der Waals surface area contributed by atoms with E-state index in [4.69, 9.17) is 4.74 Å². The van der Waals surface area contributed by atoms with Gasteiger partial charge in [-0.1, -0.05) is 12.1 Å². The fourth-order valence-electron chi connectivity index (χ4n) is 2.06. The predicted molar refractivity (Wildman–Crippen MR) is 101 cm³/mol. The molecule has 0 radical (unpaired) electrons. The average molecular weight is 438 g/mol. The number of rotatable bonds is 7. The van der Waals surface area contributed by atoms with Gasteiger partial charge in [0.05, 0.1) is 12.2 Å². The van der Waals surface area contributed by atoms with Crippen LogP contribution in [0.2, 0.25) is 0 Å². The average Bonchev–Trinajstić information content (AvgIpc) is 2.59. The van der Waals surface area contributed by atoms with Gasteiger partial charge in [-0.3, -0.25) is 9.59 Å². The summed E-state index contributed by atoms with van der Waals surface area (Å²) < 4.78 is 6.23. The van der Waals surface area contributed by atoms with Crippen LogP contribution in [0.3, 0.4) is 0 Å². The fraction of sp³-hybridized carbons (Fsp3) is 0.222. The number of nitrogens with one attached hydrogen (secondary N) is 2. The van der Waals surface area contributed by atoms with E-state index in [1.807, 2.05) is 25.1 Å². The van der Waals surface area contributed by atoms with Crippen molar-refractivity contribution in [3.05, 3.63) is 63.2 Å². The van der Waals surface area contributed by atoms with Gasteiger partial charge in [0.15, 0.2) is 0 Å². The molecule has 2 rings (SSSR count). The first-order valence-corrected chi connectivity index (χ1v) is 8.73. The number of benzene rings is 2. The van der Waals surface area contributed by atoms with Crippen molar-refractivity contribution in [3.8, 4) is 5.75 Å². The zero-order valence-corrected chi connectivity index (χ0v) is 15.5. The van der Waals surface area contributed by atoms with Gasteiger partial charge < -0.3 is 15.4 Å². The lowest BCUT2D eigenvalue weighted by atomic mass is 10.2. The van der Waals surface area contributed by atoms with Crippen molar-refractivity contribution in [2.45, 2.75) is 6.92 Å². The lowest BCUT2D eigenvalue weighted by Gasteiger charge is -2.09. The number of hydrogen-bond donors (Lipinski definition) is 2. The molecule has 0 aliphatic carbocycles. The molecule has 2 amide bonds. The Labute approximate surface area is 154 Å². The minimum absolute atomic E-state index is 0.143. The first-order chi connectivity index (χ1) is 11.6. The van der Waals surface area contributed by atoms with Gasteiger partial charge in [0.2, 0.25) is 0 Å². The number of carbonyl (C=O) groups excluding carboxylic acids is 2. The summed E-state index contributed by atoms with van der Waals surface area (Å²) in [6.07, 6.45) is 0. The van der Waals surface area contributed by atoms with Crippen LogP contribution in [0, 0.1) is 3.57 Å². The molecule has 5 nitrogen and oxygen atoms in total. The molecule has 2 N–H and O–H groups in total. The van der Waals surface area contributed by atoms with E-state index in [1.54, 1.807) is 30.3 Å². The number of hydrogen-bond acceptors (Lipinski definition) is 3. The Balaban J connectivity index is 1.76. The van der Waals surface area contributed by atoms with Crippen molar-refractivity contribution in [1.82, 2.24) is 10.6 Å². The minimum atomic E-state index is -0.179. The zero-order valence-electron chi connectivity index (χ0n) is 13.3. The van der Waals surface area contributed by atoms with Crippen molar-refractivity contribution >= 4 is 34.4 Å². The van der Waals surface area contributed by atoms with E-state index in [2.05, 4.69) is 33.2 Å². The second-order valence-corrected chi connectivity index (χ2v) is 6.11. The van der Waals surface area contributed by atoms with E-state index in [0.717, 1.165) is 9.32 Å². The van der Waals surface area contributed by atoms with Crippen LogP contribution >= 0.6 is 22.6 Å². The predicted octanol–water partition coefficient (Wildman–Crippen LogP) is 2.85. The molecule has 6 heteroatoms. The largest absolute Gasteiger partial charge is 0.494 e. The summed E-state index contributed by atoms with van der Waals surface area (Å²) in [7, 11) is 0. The van der Waals surface area contributed by atoms with Crippen LogP contribution in [0.15, 0.2) is 48.5 Å². The van der Waals surface area contributed by atoms with Gasteiger partial charge >= 0.3 is 0 Å². The maximum absolute atomic E-state index is 12.0. The van der Waals surface area contributed by atoms with Gasteiger partial charge in [0.1, 0.15) is 5.75 Å². The Bertz CT molecular complexity index is 702. The minimum Gasteiger partial charge on any atom is -0.494 e. The summed E-state index contributed by atoms with van der Waals surface area (Å²) in [6, 6.07) is 14.3. The number of halogens is 1. The quantitative estimate of drug-likeness (QED) is 0.516. The highest BCUT2D eigenvalue weighted by Crippen LogP contribution is 2.12. The molecule has 0 spiro atoms. The third kappa shape index (κ3) is 5.23. The number of amides is 2. The van der Waals surface area contributed by atoms with Gasteiger partial charge in [-0.25, -0.2) is 0 Å². The van der Waals surface area contributed by atoms with Crippen LogP contribution < -0.4 is 15.4 Å². The smallest absolute Gasteiger partial charge is 0.252 e. The first-order valence-electron chi connectivity index (χ1n) is 7.65. The van der Waals surface area contributed by atoms with Crippen molar-refractivity contribution in [1.29, 1.82) is 0 Å². The highest BCUT2D eigenvalue weighted by molar-refractivity contribution is 14.1. The van der Waals surface area contributed by atoms with Gasteiger partial charge in [-0.05, 0) is 65.9 Å². The fourth-order valence-corrected chi connectivity index (χ4v) is 2.70. The van der Waals surface area contributed by atoms with Crippen LogP contribution in [0.1, 0.15) is 27.6 Å². The third-order valence-corrected chi connectivity index (χ3v) is 4.18. The molecule has 0 heterocycles. The Morgan fingerprint density at radius 3 is 2.21 bits per heavy atom. The molecule has 0 aromatic heterocycles. The second kappa shape index (κ2) is 9.27. The van der Waals surface area contributed by atoms with E-state index in [1.165, 1.54) is 0 Å². The van der Waals surface area contributed by atoms with E-state index < -0.39 is 0 Å². The third-order valence-electron chi connectivity index (χ3n) is 3.24. The molecule has 0 unspecified atom stereocenters. The monoisotopic (exact) mass is 438 g/mol. The van der Waals surface area contributed by atoms with Crippen LogP contribution in [-0.4, -0.2) is 31.5 Å². The summed E-state index contributed by atoms with van der Waals surface area (Å²) >= 11 is 2.12. The highest BCUT2D eigenvalue weighted by atomic mass is 127. The van der Waals surface area contributed by atoms with Gasteiger partial charge in [0, 0.05) is 22.2 Å². The molecular weight excluding hydrogens is 419 g/mol. The molecule has 0 saturated heterocycles. The van der Waals surface area contributed by atoms with Gasteiger partial charge in [-0.2, -0.15) is 0 Å². The molecule has 0 saturated carbocycles. The molecule has 0 atom stereocenters. The summed E-state index contributed by atoms with van der Waals surface area (Å²) in [6.45, 7) is 3.23. The molecule has 2 aromatic rings. The van der Waals surface area contributed by atoms with Crippen LogP contribution in [0.5, 0.6) is 5.75 Å². The van der Waals surface area contributed by atoms with E-state index in [-0.39, 0.29) is 11.8 Å². The number of ether oxygens (including phenoxy) is 1. The summed E-state index contributed by atoms with van der Waals surface area (Å²) in [4.78, 5) is 24.1. The normalized spacial score (nSPS) is 10.1. The highest BCUT2D eigenvalue weighted by Gasteiger charge is 2.09. The standard InChI is InChI=1S/C18H19IN2O3/c1-2-24-14-9-7-13(8-10-14)17(22)20-11-12-21-18(23)15-5-3-4-6-16(15)19/h3-10H,2,11-12H2,1H3,(H,20,22)(H,21,23). The van der Waals surface area contributed by atoms with Gasteiger partial charge in [0.25, 0.3) is 11.8 Å². The Morgan fingerprint density at radius 1 is 0.958 bits per heavy atom. The molecule has 126 valence electrons. The summed E-state index contributed by atoms with van der Waals surface area (Å²) in [5, 5.41) is 5.57. The van der Waals surface area contributed by atoms with E-state index in [9.17, 15) is 9.59 Å². The van der Waals surface area contributed by atoms with Crippen molar-refractivity contribution in [3.63, 3.8) is 0 Å². The molecule has 0 aliphatic heterocycles. The van der Waals surface area contributed by atoms with Crippen molar-refractivity contribution < 1.29 is 14.3 Å². The SMILES string of the molecule is CCOc1ccc(C(=O)NCCNC(=O)c2ccccc2I)cc1. The van der Waals surface area contributed by atoms with Crippen LogP contribution in [0.4, 0.5) is 0 Å².